The number of carboxylic acids is 1. The quantitative estimate of drug-likeness (QED) is 0.391. The fourth-order valence-corrected chi connectivity index (χ4v) is 5.21. The molecule has 1 aliphatic rings. The lowest BCUT2D eigenvalue weighted by Crippen LogP contribution is -2.46. The van der Waals surface area contributed by atoms with Gasteiger partial charge >= 0.3 is 12.0 Å². The number of carbonyl (C=O) groups is 2. The van der Waals surface area contributed by atoms with Crippen molar-refractivity contribution in [1.29, 1.82) is 0 Å². The van der Waals surface area contributed by atoms with Crippen LogP contribution in [-0.2, 0) is 4.79 Å². The predicted molar refractivity (Wildman–Crippen MR) is 135 cm³/mol. The van der Waals surface area contributed by atoms with Crippen LogP contribution in [0.3, 0.4) is 0 Å². The molecule has 1 fully saturated rings. The highest BCUT2D eigenvalue weighted by Crippen LogP contribution is 2.32. The van der Waals surface area contributed by atoms with Gasteiger partial charge in [-0.25, -0.2) is 4.79 Å². The fourth-order valence-electron chi connectivity index (χ4n) is 4.34. The number of urea groups is 1. The molecule has 2 amide bonds. The lowest BCUT2D eigenvalue weighted by Gasteiger charge is -2.28. The van der Waals surface area contributed by atoms with E-state index < -0.39 is 11.9 Å². The number of benzene rings is 2. The van der Waals surface area contributed by atoms with Crippen LogP contribution in [0.15, 0.2) is 58.3 Å². The first-order valence-corrected chi connectivity index (χ1v) is 13.0. The lowest BCUT2D eigenvalue weighted by molar-refractivity contribution is -0.138. The Morgan fingerprint density at radius 3 is 2.42 bits per heavy atom. The van der Waals surface area contributed by atoms with E-state index in [2.05, 4.69) is 18.3 Å². The number of nitrogens with zero attached hydrogens (tertiary/aromatic N) is 1. The van der Waals surface area contributed by atoms with Crippen LogP contribution >= 0.6 is 11.8 Å². The molecular weight excluding hydrogens is 432 g/mol. The van der Waals surface area contributed by atoms with Gasteiger partial charge < -0.3 is 10.4 Å². The van der Waals surface area contributed by atoms with Gasteiger partial charge in [-0.3, -0.25) is 9.69 Å². The van der Waals surface area contributed by atoms with E-state index in [4.69, 9.17) is 0 Å². The summed E-state index contributed by atoms with van der Waals surface area (Å²) in [6.45, 7) is 4.73. The molecule has 6 heteroatoms. The number of nitrogens with one attached hydrogen (secondary N) is 1. The van der Waals surface area contributed by atoms with Gasteiger partial charge in [-0.05, 0) is 61.6 Å². The van der Waals surface area contributed by atoms with Crippen molar-refractivity contribution in [2.24, 2.45) is 0 Å². The third-order valence-electron chi connectivity index (χ3n) is 6.27. The van der Waals surface area contributed by atoms with Gasteiger partial charge in [0.05, 0.1) is 5.92 Å². The number of aliphatic carboxylic acids is 1. The zero-order valence-electron chi connectivity index (χ0n) is 19.8. The molecule has 2 aromatic rings. The molecule has 5 nitrogen and oxygen atoms in total. The van der Waals surface area contributed by atoms with Crippen LogP contribution in [0.2, 0.25) is 0 Å². The summed E-state index contributed by atoms with van der Waals surface area (Å²) < 4.78 is 0. The van der Waals surface area contributed by atoms with Crippen molar-refractivity contribution in [1.82, 2.24) is 5.32 Å². The van der Waals surface area contributed by atoms with Crippen LogP contribution in [0.25, 0.3) is 0 Å². The van der Waals surface area contributed by atoms with Crippen molar-refractivity contribution in [2.75, 3.05) is 11.4 Å². The predicted octanol–water partition coefficient (Wildman–Crippen LogP) is 7.06. The molecule has 1 aliphatic carbocycles. The summed E-state index contributed by atoms with van der Waals surface area (Å²) in [6.07, 6.45) is 8.34. The van der Waals surface area contributed by atoms with Crippen LogP contribution in [0.1, 0.15) is 76.7 Å². The fraction of sp³-hybridized carbons (Fsp3) is 0.481. The standard InChI is InChI=1S/C27H36N2O3S/c1-3-5-18-29(27(32)28-21-10-7-6-8-11-21)22-12-9-13-24(19-22)33-23-16-14-20(15-17-23)25(4-2)26(30)31/h9,12-17,19,21,25H,3-8,10-11,18H2,1-2H3,(H,28,32)(H,30,31). The summed E-state index contributed by atoms with van der Waals surface area (Å²) in [6, 6.07) is 16.2. The van der Waals surface area contributed by atoms with E-state index in [1.54, 1.807) is 11.8 Å². The summed E-state index contributed by atoms with van der Waals surface area (Å²) in [5.41, 5.74) is 1.74. The van der Waals surface area contributed by atoms with Crippen LogP contribution in [-0.4, -0.2) is 29.7 Å². The second-order valence-corrected chi connectivity index (χ2v) is 9.90. The van der Waals surface area contributed by atoms with Crippen molar-refractivity contribution in [3.05, 3.63) is 54.1 Å². The Kier molecular flexibility index (Phi) is 9.67. The molecule has 2 N–H and O–H groups in total. The highest BCUT2D eigenvalue weighted by Gasteiger charge is 2.21. The molecule has 0 bridgehead atoms. The number of hydrogen-bond acceptors (Lipinski definition) is 3. The van der Waals surface area contributed by atoms with Crippen molar-refractivity contribution in [2.45, 2.75) is 87.0 Å². The minimum Gasteiger partial charge on any atom is -0.481 e. The number of hydrogen-bond donors (Lipinski definition) is 2. The van der Waals surface area contributed by atoms with E-state index in [1.165, 1.54) is 19.3 Å². The molecule has 0 heterocycles. The summed E-state index contributed by atoms with van der Waals surface area (Å²) >= 11 is 1.62. The molecule has 178 valence electrons. The number of rotatable bonds is 10. The van der Waals surface area contributed by atoms with E-state index in [0.29, 0.717) is 13.0 Å². The number of carbonyl (C=O) groups excluding carboxylic acids is 1. The molecule has 0 saturated heterocycles. The Bertz CT molecular complexity index is 910. The van der Waals surface area contributed by atoms with Crippen LogP contribution in [0.5, 0.6) is 0 Å². The number of amides is 2. The molecule has 3 rings (SSSR count). The van der Waals surface area contributed by atoms with E-state index in [0.717, 1.165) is 46.7 Å². The van der Waals surface area contributed by atoms with Crippen LogP contribution in [0, 0.1) is 0 Å². The molecule has 1 unspecified atom stereocenters. The van der Waals surface area contributed by atoms with E-state index in [1.807, 2.05) is 54.3 Å². The Hall–Kier alpha value is -2.47. The molecule has 2 aromatic carbocycles. The first-order chi connectivity index (χ1) is 16.0. The molecule has 0 aromatic heterocycles. The van der Waals surface area contributed by atoms with Gasteiger partial charge in [0.25, 0.3) is 0 Å². The normalized spacial score (nSPS) is 15.1. The van der Waals surface area contributed by atoms with Crippen molar-refractivity contribution in [3.8, 4) is 0 Å². The van der Waals surface area contributed by atoms with Crippen LogP contribution < -0.4 is 10.2 Å². The summed E-state index contributed by atoms with van der Waals surface area (Å²) in [5.74, 6) is -1.26. The molecule has 1 atom stereocenters. The van der Waals surface area contributed by atoms with Gasteiger partial charge in [0.1, 0.15) is 0 Å². The van der Waals surface area contributed by atoms with Gasteiger partial charge in [-0.1, -0.05) is 69.5 Å². The van der Waals surface area contributed by atoms with Gasteiger partial charge in [0.2, 0.25) is 0 Å². The first-order valence-electron chi connectivity index (χ1n) is 12.2. The maximum absolute atomic E-state index is 13.1. The molecule has 0 spiro atoms. The molecule has 0 radical (unpaired) electrons. The van der Waals surface area contributed by atoms with Gasteiger partial charge in [-0.15, -0.1) is 0 Å². The van der Waals surface area contributed by atoms with Crippen molar-refractivity contribution < 1.29 is 14.7 Å². The zero-order chi connectivity index (χ0) is 23.6. The highest BCUT2D eigenvalue weighted by molar-refractivity contribution is 7.99. The Morgan fingerprint density at radius 1 is 1.06 bits per heavy atom. The third-order valence-corrected chi connectivity index (χ3v) is 7.26. The minimum atomic E-state index is -0.788. The van der Waals surface area contributed by atoms with Gasteiger partial charge in [-0.2, -0.15) is 0 Å². The Morgan fingerprint density at radius 2 is 1.79 bits per heavy atom. The third kappa shape index (κ3) is 7.26. The largest absolute Gasteiger partial charge is 0.481 e. The Balaban J connectivity index is 1.72. The smallest absolute Gasteiger partial charge is 0.322 e. The van der Waals surface area contributed by atoms with Gasteiger partial charge in [0.15, 0.2) is 0 Å². The zero-order valence-corrected chi connectivity index (χ0v) is 20.6. The molecule has 0 aliphatic heterocycles. The SMILES string of the molecule is CCCCN(C(=O)NC1CCCCC1)c1cccc(Sc2ccc(C(CC)C(=O)O)cc2)c1. The van der Waals surface area contributed by atoms with Crippen LogP contribution in [0.4, 0.5) is 10.5 Å². The molecule has 33 heavy (non-hydrogen) atoms. The summed E-state index contributed by atoms with van der Waals surface area (Å²) in [5, 5.41) is 12.6. The first kappa shape index (κ1) is 25.2. The Labute approximate surface area is 202 Å². The van der Waals surface area contributed by atoms with E-state index in [-0.39, 0.29) is 12.1 Å². The average Bonchev–Trinajstić information content (AvgIpc) is 2.82. The number of unbranched alkanes of at least 4 members (excludes halogenated alkanes) is 1. The van der Waals surface area contributed by atoms with Crippen molar-refractivity contribution in [3.63, 3.8) is 0 Å². The lowest BCUT2D eigenvalue weighted by atomic mass is 9.96. The summed E-state index contributed by atoms with van der Waals surface area (Å²) in [4.78, 5) is 28.5. The van der Waals surface area contributed by atoms with Crippen molar-refractivity contribution >= 4 is 29.4 Å². The van der Waals surface area contributed by atoms with E-state index in [9.17, 15) is 14.7 Å². The maximum atomic E-state index is 13.1. The number of anilines is 1. The highest BCUT2D eigenvalue weighted by atomic mass is 32.2. The second kappa shape index (κ2) is 12.7. The second-order valence-electron chi connectivity index (χ2n) is 8.76. The van der Waals surface area contributed by atoms with E-state index >= 15 is 0 Å². The monoisotopic (exact) mass is 468 g/mol. The maximum Gasteiger partial charge on any atom is 0.322 e. The van der Waals surface area contributed by atoms with Gasteiger partial charge in [0, 0.05) is 28.1 Å². The molecule has 1 saturated carbocycles. The number of carboxylic acid groups (broad SMARTS) is 1. The molecular formula is C27H36N2O3S. The topological polar surface area (TPSA) is 69.6 Å². The summed E-state index contributed by atoms with van der Waals surface area (Å²) in [7, 11) is 0. The average molecular weight is 469 g/mol. The minimum absolute atomic E-state index is 0.00105.